The van der Waals surface area contributed by atoms with E-state index in [9.17, 15) is 13.2 Å². The number of primary sulfonamides is 1. The third-order valence-electron chi connectivity index (χ3n) is 3.86. The molecule has 3 aromatic rings. The van der Waals surface area contributed by atoms with Gasteiger partial charge in [-0.3, -0.25) is 9.78 Å². The van der Waals surface area contributed by atoms with Crippen LogP contribution in [0.5, 0.6) is 0 Å². The number of hydrogen-bond donors (Lipinski definition) is 2. The van der Waals surface area contributed by atoms with Gasteiger partial charge in [-0.1, -0.05) is 12.1 Å². The Hall–Kier alpha value is -2.97. The van der Waals surface area contributed by atoms with Gasteiger partial charge in [0.05, 0.1) is 16.8 Å². The van der Waals surface area contributed by atoms with Crippen molar-refractivity contribution in [3.05, 3.63) is 78.4 Å². The Morgan fingerprint density at radius 1 is 1.12 bits per heavy atom. The third kappa shape index (κ3) is 4.16. The summed E-state index contributed by atoms with van der Waals surface area (Å²) in [6.45, 7) is 0.422. The van der Waals surface area contributed by atoms with Gasteiger partial charge in [-0.25, -0.2) is 13.6 Å². The number of pyridine rings is 1. The summed E-state index contributed by atoms with van der Waals surface area (Å²) < 4.78 is 24.3. The molecule has 7 nitrogen and oxygen atoms in total. The largest absolute Gasteiger partial charge is 0.350 e. The van der Waals surface area contributed by atoms with Crippen LogP contribution < -0.4 is 10.5 Å². The second-order valence-electron chi connectivity index (χ2n) is 5.67. The molecular weight excluding hydrogens is 352 g/mol. The number of rotatable bonds is 6. The highest BCUT2D eigenvalue weighted by molar-refractivity contribution is 7.89. The molecule has 0 saturated carbocycles. The topological polar surface area (TPSA) is 107 Å². The number of nitrogens with zero attached hydrogens (tertiary/aromatic N) is 2. The summed E-state index contributed by atoms with van der Waals surface area (Å²) in [5.74, 6) is -0.194. The van der Waals surface area contributed by atoms with Crippen molar-refractivity contribution in [2.24, 2.45) is 5.14 Å². The van der Waals surface area contributed by atoms with Crippen LogP contribution in [0.25, 0.3) is 5.69 Å². The van der Waals surface area contributed by atoms with Crippen LogP contribution in [-0.4, -0.2) is 30.4 Å². The molecule has 0 fully saturated rings. The number of carbonyl (C=O) groups is 1. The number of carbonyl (C=O) groups excluding carboxylic acids is 1. The highest BCUT2D eigenvalue weighted by atomic mass is 32.2. The summed E-state index contributed by atoms with van der Waals surface area (Å²) in [6.07, 6.45) is 5.74. The van der Waals surface area contributed by atoms with Crippen LogP contribution in [0.3, 0.4) is 0 Å². The summed E-state index contributed by atoms with van der Waals surface area (Å²) in [6, 6.07) is 13.5. The molecule has 2 heterocycles. The van der Waals surface area contributed by atoms with Crippen molar-refractivity contribution >= 4 is 15.9 Å². The van der Waals surface area contributed by atoms with Crippen molar-refractivity contribution in [2.45, 2.75) is 11.3 Å². The average Bonchev–Trinajstić information content (AvgIpc) is 3.12. The molecule has 0 aliphatic rings. The van der Waals surface area contributed by atoms with Crippen molar-refractivity contribution in [3.63, 3.8) is 0 Å². The molecule has 3 N–H and O–H groups in total. The Balaban J connectivity index is 1.61. The van der Waals surface area contributed by atoms with Crippen LogP contribution in [0.1, 0.15) is 16.1 Å². The van der Waals surface area contributed by atoms with Crippen molar-refractivity contribution in [2.75, 3.05) is 6.54 Å². The predicted molar refractivity (Wildman–Crippen MR) is 97.4 cm³/mol. The molecule has 0 bridgehead atoms. The van der Waals surface area contributed by atoms with Gasteiger partial charge in [-0.15, -0.1) is 0 Å². The number of nitrogens with two attached hydrogens (primary N) is 1. The lowest BCUT2D eigenvalue weighted by molar-refractivity contribution is 0.0947. The van der Waals surface area contributed by atoms with Crippen molar-refractivity contribution in [3.8, 4) is 5.69 Å². The Morgan fingerprint density at radius 3 is 2.54 bits per heavy atom. The summed E-state index contributed by atoms with van der Waals surface area (Å²) in [5.41, 5.74) is 2.23. The van der Waals surface area contributed by atoms with Gasteiger partial charge in [0.2, 0.25) is 10.0 Å². The third-order valence-corrected chi connectivity index (χ3v) is 4.79. The van der Waals surface area contributed by atoms with E-state index < -0.39 is 10.0 Å². The van der Waals surface area contributed by atoms with Gasteiger partial charge in [0.15, 0.2) is 0 Å². The first-order valence-corrected chi connectivity index (χ1v) is 9.47. The Labute approximate surface area is 151 Å². The average molecular weight is 370 g/mol. The molecule has 0 spiro atoms. The predicted octanol–water partition coefficient (Wildman–Crippen LogP) is 1.49. The number of hydrogen-bond acceptors (Lipinski definition) is 4. The number of benzene rings is 1. The van der Waals surface area contributed by atoms with E-state index in [2.05, 4.69) is 10.3 Å². The Morgan fingerprint density at radius 2 is 1.88 bits per heavy atom. The molecule has 0 radical (unpaired) electrons. The van der Waals surface area contributed by atoms with E-state index in [1.54, 1.807) is 47.4 Å². The van der Waals surface area contributed by atoms with E-state index in [0.29, 0.717) is 18.7 Å². The highest BCUT2D eigenvalue weighted by Crippen LogP contribution is 2.12. The van der Waals surface area contributed by atoms with E-state index >= 15 is 0 Å². The molecule has 26 heavy (non-hydrogen) atoms. The molecule has 0 aliphatic heterocycles. The quantitative estimate of drug-likeness (QED) is 0.685. The molecule has 0 unspecified atom stereocenters. The summed E-state index contributed by atoms with van der Waals surface area (Å²) in [5, 5.41) is 7.94. The van der Waals surface area contributed by atoms with Gasteiger partial charge < -0.3 is 9.88 Å². The lowest BCUT2D eigenvalue weighted by Gasteiger charge is -2.10. The standard InChI is InChI=1S/C18H18N4O3S/c19-26(24,25)16-7-5-14(6-8-16)9-11-21-18(23)17-4-2-12-22(17)15-3-1-10-20-13-15/h1-8,10,12-13H,9,11H2,(H,21,23)(H2,19,24,25). The maximum Gasteiger partial charge on any atom is 0.268 e. The van der Waals surface area contributed by atoms with Crippen LogP contribution in [0.4, 0.5) is 0 Å². The van der Waals surface area contributed by atoms with E-state index in [1.807, 2.05) is 12.1 Å². The minimum Gasteiger partial charge on any atom is -0.350 e. The van der Waals surface area contributed by atoms with Gasteiger partial charge in [0.25, 0.3) is 5.91 Å². The lowest BCUT2D eigenvalue weighted by Crippen LogP contribution is -2.27. The zero-order valence-corrected chi connectivity index (χ0v) is 14.7. The number of sulfonamides is 1. The fraction of sp³-hybridized carbons (Fsp3) is 0.111. The molecule has 1 amide bonds. The molecule has 134 valence electrons. The van der Waals surface area contributed by atoms with Crippen LogP contribution in [0.15, 0.2) is 72.0 Å². The SMILES string of the molecule is NS(=O)(=O)c1ccc(CCNC(=O)c2cccn2-c2cccnc2)cc1. The van der Waals surface area contributed by atoms with Gasteiger partial charge >= 0.3 is 0 Å². The summed E-state index contributed by atoms with van der Waals surface area (Å²) in [7, 11) is -3.69. The second kappa shape index (κ2) is 7.51. The van der Waals surface area contributed by atoms with Gasteiger partial charge in [-0.05, 0) is 48.4 Å². The van der Waals surface area contributed by atoms with Gasteiger partial charge in [0, 0.05) is 18.9 Å². The number of aromatic nitrogens is 2. The first-order chi connectivity index (χ1) is 12.4. The molecule has 1 aromatic carbocycles. The molecule has 0 aliphatic carbocycles. The molecule has 8 heteroatoms. The molecule has 0 atom stereocenters. The lowest BCUT2D eigenvalue weighted by atomic mass is 10.1. The minimum atomic E-state index is -3.69. The van der Waals surface area contributed by atoms with Crippen molar-refractivity contribution < 1.29 is 13.2 Å². The maximum atomic E-state index is 12.4. The van der Waals surface area contributed by atoms with Crippen LogP contribution in [-0.2, 0) is 16.4 Å². The van der Waals surface area contributed by atoms with Crippen molar-refractivity contribution in [1.82, 2.24) is 14.9 Å². The van der Waals surface area contributed by atoms with Gasteiger partial charge in [0.1, 0.15) is 5.69 Å². The number of nitrogens with one attached hydrogen (secondary N) is 1. The molecule has 0 saturated heterocycles. The van der Waals surface area contributed by atoms with Gasteiger partial charge in [-0.2, -0.15) is 0 Å². The first kappa shape index (κ1) is 17.8. The molecule has 3 rings (SSSR count). The van der Waals surface area contributed by atoms with Crippen molar-refractivity contribution in [1.29, 1.82) is 0 Å². The van der Waals surface area contributed by atoms with Crippen LogP contribution >= 0.6 is 0 Å². The van der Waals surface area contributed by atoms with Crippen LogP contribution in [0.2, 0.25) is 0 Å². The molecular formula is C18H18N4O3S. The highest BCUT2D eigenvalue weighted by Gasteiger charge is 2.12. The first-order valence-electron chi connectivity index (χ1n) is 7.93. The second-order valence-corrected chi connectivity index (χ2v) is 7.23. The zero-order valence-electron chi connectivity index (χ0n) is 13.9. The fourth-order valence-corrected chi connectivity index (χ4v) is 3.06. The maximum absolute atomic E-state index is 12.4. The normalized spacial score (nSPS) is 11.3. The summed E-state index contributed by atoms with van der Waals surface area (Å²) in [4.78, 5) is 16.6. The van der Waals surface area contributed by atoms with E-state index in [4.69, 9.17) is 5.14 Å². The zero-order chi connectivity index (χ0) is 18.6. The van der Waals surface area contributed by atoms with E-state index in [-0.39, 0.29) is 10.8 Å². The minimum absolute atomic E-state index is 0.0691. The van der Waals surface area contributed by atoms with E-state index in [1.165, 1.54) is 12.1 Å². The van der Waals surface area contributed by atoms with Crippen LogP contribution in [0, 0.1) is 0 Å². The molecule has 2 aromatic heterocycles. The summed E-state index contributed by atoms with van der Waals surface area (Å²) >= 11 is 0. The number of amides is 1. The Kier molecular flexibility index (Phi) is 5.15. The Bertz CT molecular complexity index is 996. The monoisotopic (exact) mass is 370 g/mol. The van der Waals surface area contributed by atoms with E-state index in [0.717, 1.165) is 11.3 Å². The fourth-order valence-electron chi connectivity index (χ4n) is 2.54. The smallest absolute Gasteiger partial charge is 0.268 e.